The highest BCUT2D eigenvalue weighted by molar-refractivity contribution is 9.10. The van der Waals surface area contributed by atoms with Gasteiger partial charge in [0, 0.05) is 36.2 Å². The van der Waals surface area contributed by atoms with Gasteiger partial charge in [-0.3, -0.25) is 9.59 Å². The maximum atomic E-state index is 13.8. The normalized spacial score (nSPS) is 15.4. The molecule has 0 bridgehead atoms. The maximum absolute atomic E-state index is 13.8. The van der Waals surface area contributed by atoms with Crippen LogP contribution in [-0.4, -0.2) is 42.4 Å². The molecule has 7 nitrogen and oxygen atoms in total. The van der Waals surface area contributed by atoms with Gasteiger partial charge in [-0.15, -0.1) is 0 Å². The Hall–Kier alpha value is -4.04. The van der Waals surface area contributed by atoms with E-state index in [9.17, 15) is 14.7 Å². The Morgan fingerprint density at radius 2 is 1.84 bits per heavy atom. The Kier molecular flexibility index (Phi) is 6.99. The van der Waals surface area contributed by atoms with E-state index in [0.717, 1.165) is 21.1 Å². The van der Waals surface area contributed by atoms with Crippen molar-refractivity contribution in [1.29, 1.82) is 0 Å². The van der Waals surface area contributed by atoms with Crippen LogP contribution < -0.4 is 9.64 Å². The van der Waals surface area contributed by atoms with Gasteiger partial charge in [0.15, 0.2) is 11.5 Å². The molecule has 1 aliphatic rings. The van der Waals surface area contributed by atoms with Crippen molar-refractivity contribution in [3.8, 4) is 5.75 Å². The molecule has 38 heavy (non-hydrogen) atoms. The third kappa shape index (κ3) is 4.79. The Balaban J connectivity index is 1.57. The van der Waals surface area contributed by atoms with Crippen LogP contribution in [-0.2, 0) is 11.3 Å². The lowest BCUT2D eigenvalue weighted by Crippen LogP contribution is -2.30. The van der Waals surface area contributed by atoms with Gasteiger partial charge in [-0.25, -0.2) is 0 Å². The van der Waals surface area contributed by atoms with Gasteiger partial charge in [-0.2, -0.15) is 0 Å². The summed E-state index contributed by atoms with van der Waals surface area (Å²) in [6.45, 7) is 2.59. The highest BCUT2D eigenvalue weighted by atomic mass is 79.9. The monoisotopic (exact) mass is 574 g/mol. The molecule has 1 amide bonds. The van der Waals surface area contributed by atoms with E-state index in [4.69, 9.17) is 9.15 Å². The van der Waals surface area contributed by atoms with Gasteiger partial charge in [0.1, 0.15) is 11.3 Å². The van der Waals surface area contributed by atoms with Gasteiger partial charge in [-0.05, 0) is 66.6 Å². The number of benzene rings is 3. The number of fused-ring (bicyclic) bond motifs is 1. The van der Waals surface area contributed by atoms with Gasteiger partial charge in [0.05, 0.1) is 18.2 Å². The molecule has 0 saturated carbocycles. The van der Waals surface area contributed by atoms with Crippen LogP contribution in [0.1, 0.15) is 34.6 Å². The second-order valence-electron chi connectivity index (χ2n) is 9.29. The Labute approximate surface area is 229 Å². The molecule has 0 spiro atoms. The molecule has 2 heterocycles. The lowest BCUT2D eigenvalue weighted by Gasteiger charge is -2.27. The minimum absolute atomic E-state index is 0.00770. The molecule has 1 aromatic heterocycles. The number of hydrogen-bond donors (Lipinski definition) is 1. The summed E-state index contributed by atoms with van der Waals surface area (Å²) in [6.07, 6.45) is 0. The molecule has 1 N–H and O–H groups in total. The van der Waals surface area contributed by atoms with Crippen molar-refractivity contribution in [2.45, 2.75) is 19.5 Å². The van der Waals surface area contributed by atoms with Crippen LogP contribution in [0.25, 0.3) is 11.0 Å². The van der Waals surface area contributed by atoms with E-state index < -0.39 is 23.5 Å². The number of carbonyl (C=O) groups excluding carboxylic acids is 2. The number of ether oxygens (including phenoxy) is 1. The molecule has 3 aromatic carbocycles. The minimum atomic E-state index is -0.804. The summed E-state index contributed by atoms with van der Waals surface area (Å²) < 4.78 is 12.3. The topological polar surface area (TPSA) is 83.2 Å². The molecule has 5 rings (SSSR count). The van der Waals surface area contributed by atoms with E-state index in [0.29, 0.717) is 23.5 Å². The minimum Gasteiger partial charge on any atom is -0.503 e. The predicted octanol–water partition coefficient (Wildman–Crippen LogP) is 6.44. The second kappa shape index (κ2) is 10.4. The van der Waals surface area contributed by atoms with Crippen molar-refractivity contribution < 1.29 is 23.8 Å². The van der Waals surface area contributed by atoms with E-state index in [1.54, 1.807) is 12.1 Å². The zero-order valence-electron chi connectivity index (χ0n) is 21.3. The fraction of sp³-hybridized carbons (Fsp3) is 0.200. The van der Waals surface area contributed by atoms with Crippen LogP contribution in [0.4, 0.5) is 5.69 Å². The Bertz CT molecular complexity index is 1550. The molecule has 0 fully saturated rings. The summed E-state index contributed by atoms with van der Waals surface area (Å²) in [5.74, 6) is -0.974. The van der Waals surface area contributed by atoms with Crippen molar-refractivity contribution in [3.63, 3.8) is 0 Å². The third-order valence-electron chi connectivity index (χ3n) is 6.54. The first kappa shape index (κ1) is 25.6. The Morgan fingerprint density at radius 1 is 1.08 bits per heavy atom. The number of anilines is 1. The zero-order chi connectivity index (χ0) is 27.0. The first-order valence-electron chi connectivity index (χ1n) is 12.2. The van der Waals surface area contributed by atoms with Crippen molar-refractivity contribution in [2.75, 3.05) is 25.6 Å². The lowest BCUT2D eigenvalue weighted by atomic mass is 9.94. The largest absolute Gasteiger partial charge is 0.503 e. The fourth-order valence-electron chi connectivity index (χ4n) is 4.71. The number of hydrogen-bond acceptors (Lipinski definition) is 6. The number of halogens is 1. The highest BCUT2D eigenvalue weighted by Crippen LogP contribution is 2.41. The zero-order valence-corrected chi connectivity index (χ0v) is 22.9. The smallest absolute Gasteiger partial charge is 0.290 e. The molecule has 0 saturated heterocycles. The summed E-state index contributed by atoms with van der Waals surface area (Å²) >= 11 is 3.43. The number of nitrogens with zero attached hydrogens (tertiary/aromatic N) is 2. The summed E-state index contributed by atoms with van der Waals surface area (Å²) in [6, 6.07) is 21.3. The van der Waals surface area contributed by atoms with E-state index in [2.05, 4.69) is 15.9 Å². The molecule has 0 aliphatic carbocycles. The molecule has 1 aliphatic heterocycles. The molecular formula is C30H27BrN2O5. The molecule has 8 heteroatoms. The number of aliphatic hydroxyl groups excluding tert-OH is 1. The number of carbonyl (C=O) groups is 2. The quantitative estimate of drug-likeness (QED) is 0.244. The number of aliphatic hydroxyl groups is 1. The standard InChI is InChI=1S/C30H27BrN2O5/c1-4-37-23-7-5-6-18(14-23)17-33-27(19-8-11-22(12-9-19)32(2)3)26(29(35)30(33)36)28(34)25-16-20-15-21(31)10-13-24(20)38-25/h5-16,27,35H,4,17H2,1-3H3. The molecule has 1 unspecified atom stereocenters. The Morgan fingerprint density at radius 3 is 2.55 bits per heavy atom. The van der Waals surface area contributed by atoms with Crippen LogP contribution in [0.2, 0.25) is 0 Å². The second-order valence-corrected chi connectivity index (χ2v) is 10.2. The van der Waals surface area contributed by atoms with Gasteiger partial charge in [0.25, 0.3) is 5.91 Å². The predicted molar refractivity (Wildman–Crippen MR) is 150 cm³/mol. The number of furan rings is 1. The fourth-order valence-corrected chi connectivity index (χ4v) is 5.08. The van der Waals surface area contributed by atoms with Crippen LogP contribution in [0.3, 0.4) is 0 Å². The maximum Gasteiger partial charge on any atom is 0.290 e. The van der Waals surface area contributed by atoms with Gasteiger partial charge in [0.2, 0.25) is 5.78 Å². The first-order chi connectivity index (χ1) is 18.3. The van der Waals surface area contributed by atoms with Crippen LogP contribution in [0.15, 0.2) is 93.0 Å². The number of ketones is 1. The van der Waals surface area contributed by atoms with Crippen LogP contribution in [0.5, 0.6) is 5.75 Å². The van der Waals surface area contributed by atoms with Crippen molar-refractivity contribution in [1.82, 2.24) is 4.90 Å². The van der Waals surface area contributed by atoms with Crippen LogP contribution >= 0.6 is 15.9 Å². The third-order valence-corrected chi connectivity index (χ3v) is 7.03. The molecule has 0 radical (unpaired) electrons. The van der Waals surface area contributed by atoms with E-state index in [-0.39, 0.29) is 17.9 Å². The van der Waals surface area contributed by atoms with E-state index in [1.807, 2.05) is 86.6 Å². The van der Waals surface area contributed by atoms with Gasteiger partial charge in [-0.1, -0.05) is 40.2 Å². The molecule has 194 valence electrons. The van der Waals surface area contributed by atoms with E-state index in [1.165, 1.54) is 4.90 Å². The SMILES string of the molecule is CCOc1cccc(CN2C(=O)C(O)=C(C(=O)c3cc4cc(Br)ccc4o3)C2c2ccc(N(C)C)cc2)c1. The number of rotatable bonds is 8. The van der Waals surface area contributed by atoms with Gasteiger partial charge >= 0.3 is 0 Å². The number of Topliss-reactive ketones (excluding diaryl/α,β-unsaturated/α-hetero) is 1. The highest BCUT2D eigenvalue weighted by Gasteiger charge is 2.44. The summed E-state index contributed by atoms with van der Waals surface area (Å²) in [5.41, 5.74) is 3.02. The van der Waals surface area contributed by atoms with E-state index >= 15 is 0 Å². The average Bonchev–Trinajstić information content (AvgIpc) is 3.43. The first-order valence-corrected chi connectivity index (χ1v) is 13.0. The number of amides is 1. The average molecular weight is 575 g/mol. The van der Waals surface area contributed by atoms with Crippen molar-refractivity contribution >= 4 is 44.3 Å². The van der Waals surface area contributed by atoms with Crippen LogP contribution in [0, 0.1) is 0 Å². The summed E-state index contributed by atoms with van der Waals surface area (Å²) in [5, 5.41) is 11.8. The van der Waals surface area contributed by atoms with Crippen molar-refractivity contribution in [3.05, 3.63) is 105 Å². The summed E-state index contributed by atoms with van der Waals surface area (Å²) in [4.78, 5) is 30.7. The lowest BCUT2D eigenvalue weighted by molar-refractivity contribution is -0.130. The summed E-state index contributed by atoms with van der Waals surface area (Å²) in [7, 11) is 3.87. The molecular weight excluding hydrogens is 548 g/mol. The molecule has 1 atom stereocenters. The molecule has 4 aromatic rings. The van der Waals surface area contributed by atoms with Crippen molar-refractivity contribution in [2.24, 2.45) is 0 Å². The van der Waals surface area contributed by atoms with Gasteiger partial charge < -0.3 is 24.1 Å².